The Labute approximate surface area is 126 Å². The van der Waals surface area contributed by atoms with Crippen LogP contribution in [0.5, 0.6) is 5.75 Å². The van der Waals surface area contributed by atoms with Crippen LogP contribution in [0.1, 0.15) is 44.0 Å². The molecule has 0 radical (unpaired) electrons. The monoisotopic (exact) mass is 288 g/mol. The van der Waals surface area contributed by atoms with Crippen molar-refractivity contribution in [1.82, 2.24) is 20.1 Å². The molecular formula is C16H24N4O. The van der Waals surface area contributed by atoms with E-state index in [2.05, 4.69) is 40.0 Å². The molecule has 2 aromatic rings. The van der Waals surface area contributed by atoms with Crippen LogP contribution >= 0.6 is 0 Å². The molecule has 5 heteroatoms. The molecule has 0 aliphatic rings. The number of aromatic nitrogens is 3. The molecule has 0 bridgehead atoms. The van der Waals surface area contributed by atoms with Gasteiger partial charge in [-0.15, -0.1) is 0 Å². The van der Waals surface area contributed by atoms with Crippen molar-refractivity contribution < 1.29 is 4.74 Å². The van der Waals surface area contributed by atoms with Crippen molar-refractivity contribution >= 4 is 0 Å². The Kier molecular flexibility index (Phi) is 5.75. The van der Waals surface area contributed by atoms with Crippen LogP contribution in [0.25, 0.3) is 0 Å². The Balaban J connectivity index is 2.40. The molecule has 2 rings (SSSR count). The zero-order valence-corrected chi connectivity index (χ0v) is 13.0. The van der Waals surface area contributed by atoms with Crippen molar-refractivity contribution in [2.75, 3.05) is 13.7 Å². The molecular weight excluding hydrogens is 264 g/mol. The van der Waals surface area contributed by atoms with Crippen LogP contribution in [0.15, 0.2) is 30.7 Å². The van der Waals surface area contributed by atoms with Crippen molar-refractivity contribution in [3.05, 3.63) is 42.0 Å². The number of aryl methyl sites for hydroxylation is 1. The SMILES string of the molecule is CCCNC(c1ccncc1OC)c1ccnn1CCC. The number of methoxy groups -OCH3 is 1. The van der Waals surface area contributed by atoms with Crippen LogP contribution in [-0.2, 0) is 6.54 Å². The largest absolute Gasteiger partial charge is 0.495 e. The zero-order valence-electron chi connectivity index (χ0n) is 13.0. The molecule has 2 aromatic heterocycles. The van der Waals surface area contributed by atoms with Crippen LogP contribution in [-0.4, -0.2) is 28.4 Å². The van der Waals surface area contributed by atoms with Gasteiger partial charge in [-0.05, 0) is 31.5 Å². The number of nitrogens with zero attached hydrogens (tertiary/aromatic N) is 3. The van der Waals surface area contributed by atoms with E-state index in [1.54, 1.807) is 19.5 Å². The van der Waals surface area contributed by atoms with E-state index in [-0.39, 0.29) is 6.04 Å². The molecule has 5 nitrogen and oxygen atoms in total. The summed E-state index contributed by atoms with van der Waals surface area (Å²) >= 11 is 0. The summed E-state index contributed by atoms with van der Waals surface area (Å²) in [6, 6.07) is 4.15. The fourth-order valence-electron chi connectivity index (χ4n) is 2.45. The third-order valence-corrected chi connectivity index (χ3v) is 3.43. The predicted molar refractivity (Wildman–Crippen MR) is 83.4 cm³/mol. The third-order valence-electron chi connectivity index (χ3n) is 3.43. The number of hydrogen-bond acceptors (Lipinski definition) is 4. The summed E-state index contributed by atoms with van der Waals surface area (Å²) < 4.78 is 7.53. The van der Waals surface area contributed by atoms with Crippen molar-refractivity contribution in [1.29, 1.82) is 0 Å². The standard InChI is InChI=1S/C16H24N4O/c1-4-8-18-16(13-6-9-17-12-15(13)21-3)14-7-10-19-20(14)11-5-2/h6-7,9-10,12,16,18H,4-5,8,11H2,1-3H3. The van der Waals surface area contributed by atoms with E-state index in [1.807, 2.05) is 12.3 Å². The second-order valence-electron chi connectivity index (χ2n) is 4.98. The Bertz CT molecular complexity index is 553. The first kappa shape index (κ1) is 15.5. The maximum atomic E-state index is 5.47. The zero-order chi connectivity index (χ0) is 15.1. The fraction of sp³-hybridized carbons (Fsp3) is 0.500. The number of hydrogen-bond donors (Lipinski definition) is 1. The van der Waals surface area contributed by atoms with Gasteiger partial charge in [0.2, 0.25) is 0 Å². The van der Waals surface area contributed by atoms with Gasteiger partial charge in [0.05, 0.1) is 25.0 Å². The van der Waals surface area contributed by atoms with Crippen molar-refractivity contribution in [2.24, 2.45) is 0 Å². The van der Waals surface area contributed by atoms with Gasteiger partial charge >= 0.3 is 0 Å². The highest BCUT2D eigenvalue weighted by Gasteiger charge is 2.21. The summed E-state index contributed by atoms with van der Waals surface area (Å²) in [4.78, 5) is 4.14. The average Bonchev–Trinajstić information content (AvgIpc) is 2.97. The molecule has 0 saturated carbocycles. The molecule has 0 saturated heterocycles. The van der Waals surface area contributed by atoms with Gasteiger partial charge in [0.25, 0.3) is 0 Å². The van der Waals surface area contributed by atoms with Crippen LogP contribution in [0.3, 0.4) is 0 Å². The molecule has 0 aliphatic carbocycles. The quantitative estimate of drug-likeness (QED) is 0.811. The minimum atomic E-state index is 0.0666. The lowest BCUT2D eigenvalue weighted by Gasteiger charge is -2.22. The molecule has 1 unspecified atom stereocenters. The van der Waals surface area contributed by atoms with E-state index in [4.69, 9.17) is 4.74 Å². The fourth-order valence-corrected chi connectivity index (χ4v) is 2.45. The number of nitrogens with one attached hydrogen (secondary N) is 1. The first-order chi connectivity index (χ1) is 10.3. The molecule has 2 heterocycles. The van der Waals surface area contributed by atoms with Crippen molar-refractivity contribution in [3.8, 4) is 5.75 Å². The van der Waals surface area contributed by atoms with Crippen LogP contribution in [0.2, 0.25) is 0 Å². The van der Waals surface area contributed by atoms with Crippen LogP contribution < -0.4 is 10.1 Å². The van der Waals surface area contributed by atoms with Gasteiger partial charge in [-0.3, -0.25) is 9.67 Å². The van der Waals surface area contributed by atoms with E-state index in [0.717, 1.165) is 42.9 Å². The van der Waals surface area contributed by atoms with E-state index >= 15 is 0 Å². The topological polar surface area (TPSA) is 52.0 Å². The second-order valence-corrected chi connectivity index (χ2v) is 4.98. The molecule has 0 aliphatic heterocycles. The van der Waals surface area contributed by atoms with Crippen LogP contribution in [0, 0.1) is 0 Å². The Hall–Kier alpha value is -1.88. The van der Waals surface area contributed by atoms with E-state index in [0.29, 0.717) is 0 Å². The van der Waals surface area contributed by atoms with Crippen molar-refractivity contribution in [3.63, 3.8) is 0 Å². The van der Waals surface area contributed by atoms with Gasteiger partial charge in [-0.25, -0.2) is 0 Å². The summed E-state index contributed by atoms with van der Waals surface area (Å²) in [5.41, 5.74) is 2.26. The molecule has 1 atom stereocenters. The normalized spacial score (nSPS) is 12.3. The van der Waals surface area contributed by atoms with Gasteiger partial charge in [0, 0.05) is 24.5 Å². The minimum absolute atomic E-state index is 0.0666. The summed E-state index contributed by atoms with van der Waals surface area (Å²) in [5, 5.41) is 8.03. The Morgan fingerprint density at radius 1 is 1.24 bits per heavy atom. The number of rotatable bonds is 8. The summed E-state index contributed by atoms with van der Waals surface area (Å²) in [7, 11) is 1.68. The van der Waals surface area contributed by atoms with E-state index < -0.39 is 0 Å². The minimum Gasteiger partial charge on any atom is -0.495 e. The smallest absolute Gasteiger partial charge is 0.142 e. The van der Waals surface area contributed by atoms with Gasteiger partial charge in [-0.1, -0.05) is 13.8 Å². The first-order valence-electron chi connectivity index (χ1n) is 7.54. The lowest BCUT2D eigenvalue weighted by atomic mass is 10.0. The Morgan fingerprint density at radius 3 is 2.81 bits per heavy atom. The van der Waals surface area contributed by atoms with Gasteiger partial charge in [0.15, 0.2) is 0 Å². The van der Waals surface area contributed by atoms with Crippen LogP contribution in [0.4, 0.5) is 0 Å². The number of pyridine rings is 1. The molecule has 0 fully saturated rings. The summed E-state index contributed by atoms with van der Waals surface area (Å²) in [6.07, 6.45) is 7.56. The highest BCUT2D eigenvalue weighted by Crippen LogP contribution is 2.29. The molecule has 0 amide bonds. The third kappa shape index (κ3) is 3.61. The molecule has 0 aromatic carbocycles. The lowest BCUT2D eigenvalue weighted by Crippen LogP contribution is -2.26. The Morgan fingerprint density at radius 2 is 2.10 bits per heavy atom. The lowest BCUT2D eigenvalue weighted by molar-refractivity contribution is 0.399. The number of ether oxygens (including phenoxy) is 1. The van der Waals surface area contributed by atoms with Gasteiger partial charge < -0.3 is 10.1 Å². The maximum absolute atomic E-state index is 5.47. The first-order valence-corrected chi connectivity index (χ1v) is 7.54. The highest BCUT2D eigenvalue weighted by atomic mass is 16.5. The summed E-state index contributed by atoms with van der Waals surface area (Å²) in [5.74, 6) is 0.801. The molecule has 1 N–H and O–H groups in total. The average molecular weight is 288 g/mol. The van der Waals surface area contributed by atoms with Gasteiger partial charge in [0.1, 0.15) is 5.75 Å². The summed E-state index contributed by atoms with van der Waals surface area (Å²) in [6.45, 7) is 6.18. The van der Waals surface area contributed by atoms with Crippen molar-refractivity contribution in [2.45, 2.75) is 39.3 Å². The molecule has 0 spiro atoms. The molecule has 114 valence electrons. The molecule has 21 heavy (non-hydrogen) atoms. The predicted octanol–water partition coefficient (Wildman–Crippen LogP) is 2.79. The van der Waals surface area contributed by atoms with E-state index in [1.165, 1.54) is 0 Å². The maximum Gasteiger partial charge on any atom is 0.142 e. The van der Waals surface area contributed by atoms with E-state index in [9.17, 15) is 0 Å². The second kappa shape index (κ2) is 7.78. The van der Waals surface area contributed by atoms with Gasteiger partial charge in [-0.2, -0.15) is 5.10 Å². The highest BCUT2D eigenvalue weighted by molar-refractivity contribution is 5.37.